The fourth-order valence-corrected chi connectivity index (χ4v) is 1.55. The Labute approximate surface area is 96.7 Å². The molecule has 0 aliphatic carbocycles. The molecule has 4 heteroatoms. The average molecular weight is 225 g/mol. The molecule has 16 heavy (non-hydrogen) atoms. The topological polar surface area (TPSA) is 30.9 Å². The Bertz CT molecular complexity index is 325. The monoisotopic (exact) mass is 225 g/mol. The lowest BCUT2D eigenvalue weighted by Gasteiger charge is -2.17. The Morgan fingerprint density at radius 1 is 0.938 bits per heavy atom. The van der Waals surface area contributed by atoms with Crippen molar-refractivity contribution in [3.63, 3.8) is 0 Å². The Morgan fingerprint density at radius 3 is 1.75 bits per heavy atom. The Balaban J connectivity index is 3.20. The zero-order chi connectivity index (χ0) is 12.1. The van der Waals surface area contributed by atoms with Gasteiger partial charge in [-0.2, -0.15) is 0 Å². The molecule has 0 fully saturated rings. The van der Waals surface area contributed by atoms with E-state index in [-0.39, 0.29) is 0 Å². The van der Waals surface area contributed by atoms with Crippen molar-refractivity contribution < 1.29 is 14.2 Å². The van der Waals surface area contributed by atoms with Crippen molar-refractivity contribution in [2.45, 2.75) is 6.54 Å². The van der Waals surface area contributed by atoms with Crippen LogP contribution in [0.15, 0.2) is 12.1 Å². The molecule has 1 aromatic rings. The maximum atomic E-state index is 5.34. The minimum absolute atomic E-state index is 0.733. The third-order valence-corrected chi connectivity index (χ3v) is 2.29. The molecule has 90 valence electrons. The van der Waals surface area contributed by atoms with Crippen LogP contribution in [-0.4, -0.2) is 40.3 Å². The van der Waals surface area contributed by atoms with Gasteiger partial charge in [0.1, 0.15) is 17.2 Å². The summed E-state index contributed by atoms with van der Waals surface area (Å²) in [5.41, 5.74) is 1.02. The number of benzene rings is 1. The normalized spacial score (nSPS) is 10.4. The predicted octanol–water partition coefficient (Wildman–Crippen LogP) is 1.77. The lowest BCUT2D eigenvalue weighted by atomic mass is 10.1. The van der Waals surface area contributed by atoms with E-state index in [1.54, 1.807) is 21.3 Å². The van der Waals surface area contributed by atoms with Crippen LogP contribution in [-0.2, 0) is 6.54 Å². The van der Waals surface area contributed by atoms with E-state index in [9.17, 15) is 0 Å². The standard InChI is InChI=1S/C12H19NO3/c1-13(2)8-10-11(15-4)6-9(14-3)7-12(10)16-5/h6-7H,8H2,1-5H3. The summed E-state index contributed by atoms with van der Waals surface area (Å²) in [4.78, 5) is 2.06. The van der Waals surface area contributed by atoms with E-state index >= 15 is 0 Å². The van der Waals surface area contributed by atoms with Crippen molar-refractivity contribution in [2.75, 3.05) is 35.4 Å². The average Bonchev–Trinajstić information content (AvgIpc) is 2.28. The largest absolute Gasteiger partial charge is 0.496 e. The highest BCUT2D eigenvalue weighted by Gasteiger charge is 2.13. The van der Waals surface area contributed by atoms with Gasteiger partial charge in [-0.05, 0) is 14.1 Å². The predicted molar refractivity (Wildman–Crippen MR) is 63.5 cm³/mol. The number of rotatable bonds is 5. The summed E-state index contributed by atoms with van der Waals surface area (Å²) >= 11 is 0. The highest BCUT2D eigenvalue weighted by atomic mass is 16.5. The van der Waals surface area contributed by atoms with Gasteiger partial charge in [-0.3, -0.25) is 0 Å². The van der Waals surface area contributed by atoms with Crippen LogP contribution in [0.2, 0.25) is 0 Å². The zero-order valence-corrected chi connectivity index (χ0v) is 10.5. The molecular formula is C12H19NO3. The van der Waals surface area contributed by atoms with E-state index in [2.05, 4.69) is 4.90 Å². The van der Waals surface area contributed by atoms with Gasteiger partial charge in [0, 0.05) is 18.7 Å². The molecule has 0 aliphatic heterocycles. The molecule has 1 aromatic carbocycles. The third kappa shape index (κ3) is 2.79. The SMILES string of the molecule is COc1cc(OC)c(CN(C)C)c(OC)c1. The number of nitrogens with zero attached hydrogens (tertiary/aromatic N) is 1. The number of hydrogen-bond acceptors (Lipinski definition) is 4. The Hall–Kier alpha value is -1.42. The van der Waals surface area contributed by atoms with Crippen molar-refractivity contribution in [1.82, 2.24) is 4.90 Å². The van der Waals surface area contributed by atoms with E-state index in [1.165, 1.54) is 0 Å². The van der Waals surface area contributed by atoms with Gasteiger partial charge in [0.25, 0.3) is 0 Å². The van der Waals surface area contributed by atoms with Gasteiger partial charge in [0.15, 0.2) is 0 Å². The van der Waals surface area contributed by atoms with Crippen LogP contribution in [0, 0.1) is 0 Å². The fourth-order valence-electron chi connectivity index (χ4n) is 1.55. The molecule has 0 spiro atoms. The highest BCUT2D eigenvalue weighted by Crippen LogP contribution is 2.34. The van der Waals surface area contributed by atoms with Gasteiger partial charge in [-0.25, -0.2) is 0 Å². The second kappa shape index (κ2) is 5.61. The molecule has 0 radical (unpaired) electrons. The molecule has 0 N–H and O–H groups in total. The van der Waals surface area contributed by atoms with Crippen molar-refractivity contribution >= 4 is 0 Å². The van der Waals surface area contributed by atoms with Gasteiger partial charge in [-0.1, -0.05) is 0 Å². The lowest BCUT2D eigenvalue weighted by Crippen LogP contribution is -2.12. The quantitative estimate of drug-likeness (QED) is 0.764. The van der Waals surface area contributed by atoms with Gasteiger partial charge in [0.05, 0.1) is 26.9 Å². The first kappa shape index (κ1) is 12.6. The van der Waals surface area contributed by atoms with Crippen LogP contribution >= 0.6 is 0 Å². The Kier molecular flexibility index (Phi) is 4.43. The maximum absolute atomic E-state index is 5.34. The van der Waals surface area contributed by atoms with E-state index in [1.807, 2.05) is 26.2 Å². The van der Waals surface area contributed by atoms with E-state index in [0.717, 1.165) is 29.4 Å². The third-order valence-electron chi connectivity index (χ3n) is 2.29. The smallest absolute Gasteiger partial charge is 0.130 e. The molecule has 0 amide bonds. The van der Waals surface area contributed by atoms with Crippen molar-refractivity contribution in [3.05, 3.63) is 17.7 Å². The van der Waals surface area contributed by atoms with Gasteiger partial charge in [0.2, 0.25) is 0 Å². The summed E-state index contributed by atoms with van der Waals surface area (Å²) in [5, 5.41) is 0. The van der Waals surface area contributed by atoms with E-state index < -0.39 is 0 Å². The summed E-state index contributed by atoms with van der Waals surface area (Å²) in [6.45, 7) is 0.760. The maximum Gasteiger partial charge on any atom is 0.130 e. The molecule has 0 saturated carbocycles. The van der Waals surface area contributed by atoms with Crippen LogP contribution < -0.4 is 14.2 Å². The summed E-state index contributed by atoms with van der Waals surface area (Å²) in [5.74, 6) is 2.30. The van der Waals surface area contributed by atoms with Crippen LogP contribution in [0.3, 0.4) is 0 Å². The number of methoxy groups -OCH3 is 3. The molecule has 0 atom stereocenters. The molecule has 4 nitrogen and oxygen atoms in total. The van der Waals surface area contributed by atoms with Crippen LogP contribution in [0.1, 0.15) is 5.56 Å². The van der Waals surface area contributed by atoms with Crippen LogP contribution in [0.4, 0.5) is 0 Å². The van der Waals surface area contributed by atoms with Gasteiger partial charge in [-0.15, -0.1) is 0 Å². The molecule has 0 unspecified atom stereocenters. The summed E-state index contributed by atoms with van der Waals surface area (Å²) in [6.07, 6.45) is 0. The van der Waals surface area contributed by atoms with Crippen LogP contribution in [0.5, 0.6) is 17.2 Å². The van der Waals surface area contributed by atoms with Crippen LogP contribution in [0.25, 0.3) is 0 Å². The molecule has 1 rings (SSSR count). The molecule has 0 heterocycles. The van der Waals surface area contributed by atoms with E-state index in [4.69, 9.17) is 14.2 Å². The first-order valence-corrected chi connectivity index (χ1v) is 5.06. The first-order valence-electron chi connectivity index (χ1n) is 5.06. The molecule has 0 bridgehead atoms. The zero-order valence-electron chi connectivity index (χ0n) is 10.5. The first-order chi connectivity index (χ1) is 7.62. The second-order valence-electron chi connectivity index (χ2n) is 3.75. The van der Waals surface area contributed by atoms with Gasteiger partial charge < -0.3 is 19.1 Å². The molecule has 0 aromatic heterocycles. The van der Waals surface area contributed by atoms with Crippen molar-refractivity contribution in [3.8, 4) is 17.2 Å². The molecular weight excluding hydrogens is 206 g/mol. The second-order valence-corrected chi connectivity index (χ2v) is 3.75. The summed E-state index contributed by atoms with van der Waals surface area (Å²) < 4.78 is 15.9. The minimum Gasteiger partial charge on any atom is -0.496 e. The Morgan fingerprint density at radius 2 is 1.44 bits per heavy atom. The molecule has 0 aliphatic rings. The summed E-state index contributed by atoms with van der Waals surface area (Å²) in [6, 6.07) is 3.72. The highest BCUT2D eigenvalue weighted by molar-refractivity contribution is 5.50. The lowest BCUT2D eigenvalue weighted by molar-refractivity contribution is 0.341. The fraction of sp³-hybridized carbons (Fsp3) is 0.500. The number of hydrogen-bond donors (Lipinski definition) is 0. The van der Waals surface area contributed by atoms with Crippen molar-refractivity contribution in [1.29, 1.82) is 0 Å². The van der Waals surface area contributed by atoms with E-state index in [0.29, 0.717) is 0 Å². The van der Waals surface area contributed by atoms with Crippen molar-refractivity contribution in [2.24, 2.45) is 0 Å². The number of ether oxygens (including phenoxy) is 3. The molecule has 0 saturated heterocycles. The minimum atomic E-state index is 0.733. The summed E-state index contributed by atoms with van der Waals surface area (Å²) in [7, 11) is 8.92. The van der Waals surface area contributed by atoms with Gasteiger partial charge >= 0.3 is 0 Å².